The van der Waals surface area contributed by atoms with E-state index in [0.717, 1.165) is 54.7 Å². The van der Waals surface area contributed by atoms with E-state index in [-0.39, 0.29) is 24.0 Å². The van der Waals surface area contributed by atoms with Gasteiger partial charge in [-0.15, -0.1) is 34.2 Å². The number of hydrogen-bond acceptors (Lipinski definition) is 4. The Morgan fingerprint density at radius 1 is 1.14 bits per heavy atom. The van der Waals surface area contributed by atoms with Crippen LogP contribution in [0.2, 0.25) is 0 Å². The lowest BCUT2D eigenvalue weighted by Gasteiger charge is -2.14. The quantitative estimate of drug-likeness (QED) is 0.218. The Hall–Kier alpha value is -1.84. The maximum absolute atomic E-state index is 5.91. The molecule has 1 aromatic heterocycles. The first-order valence-electron chi connectivity index (χ1n) is 10.1. The van der Waals surface area contributed by atoms with Gasteiger partial charge in [0.1, 0.15) is 11.6 Å². The predicted octanol–water partition coefficient (Wildman–Crippen LogP) is 3.87. The second-order valence-corrected chi connectivity index (χ2v) is 6.98. The zero-order valence-electron chi connectivity index (χ0n) is 18.3. The Bertz CT molecular complexity index is 775. The summed E-state index contributed by atoms with van der Waals surface area (Å²) in [5, 5.41) is 15.1. The van der Waals surface area contributed by atoms with Gasteiger partial charge in [0.05, 0.1) is 19.7 Å². The number of guanidine groups is 1. The van der Waals surface area contributed by atoms with Crippen molar-refractivity contribution >= 4 is 29.9 Å². The summed E-state index contributed by atoms with van der Waals surface area (Å²) < 4.78 is 7.89. The molecule has 0 fully saturated rings. The largest absolute Gasteiger partial charge is 0.493 e. The number of nitrogens with one attached hydrogen (secondary N) is 2. The Morgan fingerprint density at radius 3 is 2.59 bits per heavy atom. The van der Waals surface area contributed by atoms with Gasteiger partial charge in [-0.3, -0.25) is 0 Å². The third kappa shape index (κ3) is 8.20. The Labute approximate surface area is 191 Å². The van der Waals surface area contributed by atoms with Crippen LogP contribution in [0.15, 0.2) is 23.2 Å². The number of nitrogens with zero attached hydrogens (tertiary/aromatic N) is 4. The summed E-state index contributed by atoms with van der Waals surface area (Å²) in [6, 6.07) is 6.28. The molecule has 2 rings (SSSR count). The Morgan fingerprint density at radius 2 is 1.93 bits per heavy atom. The third-order valence-electron chi connectivity index (χ3n) is 4.51. The molecule has 1 heterocycles. The lowest BCUT2D eigenvalue weighted by molar-refractivity contribution is 0.314. The van der Waals surface area contributed by atoms with E-state index in [1.54, 1.807) is 0 Å². The van der Waals surface area contributed by atoms with E-state index < -0.39 is 0 Å². The molecule has 0 unspecified atom stereocenters. The van der Waals surface area contributed by atoms with E-state index in [4.69, 9.17) is 9.73 Å². The van der Waals surface area contributed by atoms with Crippen LogP contribution in [0.1, 0.15) is 55.9 Å². The van der Waals surface area contributed by atoms with E-state index in [9.17, 15) is 0 Å². The number of benzene rings is 1. The highest BCUT2D eigenvalue weighted by Gasteiger charge is 2.08. The zero-order valence-corrected chi connectivity index (χ0v) is 20.6. The number of ether oxygens (including phenoxy) is 1. The fraction of sp³-hybridized carbons (Fsp3) is 0.571. The number of aliphatic imine (C=N–C) groups is 1. The van der Waals surface area contributed by atoms with Gasteiger partial charge in [-0.05, 0) is 38.3 Å². The predicted molar refractivity (Wildman–Crippen MR) is 129 cm³/mol. The molecule has 0 aliphatic carbocycles. The summed E-state index contributed by atoms with van der Waals surface area (Å²) in [5.41, 5.74) is 2.28. The van der Waals surface area contributed by atoms with Gasteiger partial charge in [-0.2, -0.15) is 0 Å². The van der Waals surface area contributed by atoms with E-state index in [0.29, 0.717) is 19.7 Å². The second kappa shape index (κ2) is 13.4. The standard InChI is InChI=1S/C21H34N6O.HI/c1-6-8-11-22-21(24-15-20-26-25-17(4)27(20)5)23-14-18-10-9-16(3)13-19(18)28-12-7-2;/h9-10,13H,6-8,11-12,14-15H2,1-5H3,(H2,22,23,24);1H. The normalized spacial score (nSPS) is 11.1. The molecule has 2 N–H and O–H groups in total. The van der Waals surface area contributed by atoms with Crippen molar-refractivity contribution < 1.29 is 4.74 Å². The molecule has 0 radical (unpaired) electrons. The number of rotatable bonds is 10. The van der Waals surface area contributed by atoms with Gasteiger partial charge in [0.25, 0.3) is 0 Å². The second-order valence-electron chi connectivity index (χ2n) is 6.98. The molecule has 2 aromatic rings. The van der Waals surface area contributed by atoms with Gasteiger partial charge in [0.15, 0.2) is 11.8 Å². The first-order valence-corrected chi connectivity index (χ1v) is 10.1. The van der Waals surface area contributed by atoms with Crippen LogP contribution in [0.4, 0.5) is 0 Å². The molecule has 0 aliphatic rings. The minimum absolute atomic E-state index is 0. The first kappa shape index (κ1) is 25.2. The molecule has 8 heteroatoms. The van der Waals surface area contributed by atoms with E-state index >= 15 is 0 Å². The Kier molecular flexibility index (Phi) is 11.6. The SMILES string of the molecule is CCCCNC(=NCc1ccc(C)cc1OCCC)NCc1nnc(C)n1C.I. The number of aromatic nitrogens is 3. The molecule has 0 bridgehead atoms. The van der Waals surface area contributed by atoms with Gasteiger partial charge in [0.2, 0.25) is 0 Å². The van der Waals surface area contributed by atoms with Crippen LogP contribution in [0.25, 0.3) is 0 Å². The van der Waals surface area contributed by atoms with E-state index in [2.05, 4.69) is 59.8 Å². The third-order valence-corrected chi connectivity index (χ3v) is 4.51. The average Bonchev–Trinajstić information content (AvgIpc) is 3.01. The highest BCUT2D eigenvalue weighted by Crippen LogP contribution is 2.21. The molecular formula is C21H35IN6O. The van der Waals surface area contributed by atoms with Crippen molar-refractivity contribution in [3.05, 3.63) is 41.0 Å². The van der Waals surface area contributed by atoms with Gasteiger partial charge >= 0.3 is 0 Å². The fourth-order valence-electron chi connectivity index (χ4n) is 2.63. The van der Waals surface area contributed by atoms with Crippen LogP contribution >= 0.6 is 24.0 Å². The van der Waals surface area contributed by atoms with Crippen molar-refractivity contribution in [3.8, 4) is 5.75 Å². The molecule has 7 nitrogen and oxygen atoms in total. The summed E-state index contributed by atoms with van der Waals surface area (Å²) in [4.78, 5) is 4.77. The van der Waals surface area contributed by atoms with Crippen molar-refractivity contribution in [2.75, 3.05) is 13.2 Å². The molecule has 0 saturated heterocycles. The lowest BCUT2D eigenvalue weighted by atomic mass is 10.1. The van der Waals surface area contributed by atoms with Crippen LogP contribution in [0.5, 0.6) is 5.75 Å². The highest BCUT2D eigenvalue weighted by atomic mass is 127. The van der Waals surface area contributed by atoms with Crippen molar-refractivity contribution in [2.24, 2.45) is 12.0 Å². The van der Waals surface area contributed by atoms with Crippen molar-refractivity contribution in [2.45, 2.75) is 60.0 Å². The van der Waals surface area contributed by atoms with Crippen molar-refractivity contribution in [1.29, 1.82) is 0 Å². The number of unbranched alkanes of at least 4 members (excludes halogenated alkanes) is 1. The van der Waals surface area contributed by atoms with Crippen LogP contribution in [-0.2, 0) is 20.1 Å². The van der Waals surface area contributed by atoms with E-state index in [1.165, 1.54) is 5.56 Å². The molecule has 0 amide bonds. The Balaban J connectivity index is 0.00000420. The van der Waals surface area contributed by atoms with E-state index in [1.807, 2.05) is 18.5 Å². The molecular weight excluding hydrogens is 479 g/mol. The zero-order chi connectivity index (χ0) is 20.4. The fourth-order valence-corrected chi connectivity index (χ4v) is 2.63. The molecule has 162 valence electrons. The molecule has 0 aliphatic heterocycles. The van der Waals surface area contributed by atoms with Gasteiger partial charge in [-0.25, -0.2) is 4.99 Å². The summed E-state index contributed by atoms with van der Waals surface area (Å²) in [7, 11) is 1.97. The van der Waals surface area contributed by atoms with Gasteiger partial charge in [-0.1, -0.05) is 32.4 Å². The molecule has 1 aromatic carbocycles. The summed E-state index contributed by atoms with van der Waals surface area (Å²) in [5.74, 6) is 3.47. The maximum Gasteiger partial charge on any atom is 0.191 e. The van der Waals surface area contributed by atoms with Crippen LogP contribution in [0.3, 0.4) is 0 Å². The number of halogens is 1. The van der Waals surface area contributed by atoms with Gasteiger partial charge < -0.3 is 19.9 Å². The number of hydrogen-bond donors (Lipinski definition) is 2. The summed E-state index contributed by atoms with van der Waals surface area (Å²) in [6.45, 7) is 11.0. The smallest absolute Gasteiger partial charge is 0.191 e. The number of aryl methyl sites for hydroxylation is 2. The molecule has 0 atom stereocenters. The topological polar surface area (TPSA) is 76.4 Å². The highest BCUT2D eigenvalue weighted by molar-refractivity contribution is 14.0. The summed E-state index contributed by atoms with van der Waals surface area (Å²) in [6.07, 6.45) is 3.22. The van der Waals surface area contributed by atoms with Crippen molar-refractivity contribution in [1.82, 2.24) is 25.4 Å². The maximum atomic E-state index is 5.91. The first-order chi connectivity index (χ1) is 13.5. The molecule has 29 heavy (non-hydrogen) atoms. The van der Waals surface area contributed by atoms with Crippen LogP contribution in [-0.4, -0.2) is 33.9 Å². The monoisotopic (exact) mass is 514 g/mol. The van der Waals surface area contributed by atoms with Crippen molar-refractivity contribution in [3.63, 3.8) is 0 Å². The average molecular weight is 514 g/mol. The molecule has 0 saturated carbocycles. The van der Waals surface area contributed by atoms with Crippen LogP contribution < -0.4 is 15.4 Å². The lowest BCUT2D eigenvalue weighted by Crippen LogP contribution is -2.38. The molecule has 0 spiro atoms. The minimum atomic E-state index is 0. The van der Waals surface area contributed by atoms with Crippen LogP contribution in [0, 0.1) is 13.8 Å². The van der Waals surface area contributed by atoms with Gasteiger partial charge in [0, 0.05) is 19.2 Å². The summed E-state index contributed by atoms with van der Waals surface area (Å²) >= 11 is 0. The minimum Gasteiger partial charge on any atom is -0.493 e.